The van der Waals surface area contributed by atoms with Gasteiger partial charge in [-0.2, -0.15) is 13.2 Å². The SMILES string of the molecule is CCCOc1ccc(C(F)(F)F)cc1NC(=O)CN1C(=O)NC2(CCC(C)CC2)C1=O. The monoisotopic (exact) mass is 441 g/mol. The van der Waals surface area contributed by atoms with Gasteiger partial charge in [-0.05, 0) is 56.2 Å². The van der Waals surface area contributed by atoms with Crippen molar-refractivity contribution in [2.45, 2.75) is 57.7 Å². The van der Waals surface area contributed by atoms with E-state index in [1.54, 1.807) is 0 Å². The lowest BCUT2D eigenvalue weighted by Crippen LogP contribution is -2.49. The van der Waals surface area contributed by atoms with Gasteiger partial charge in [-0.1, -0.05) is 13.8 Å². The number of ether oxygens (including phenoxy) is 1. The predicted molar refractivity (Wildman–Crippen MR) is 106 cm³/mol. The third-order valence-electron chi connectivity index (χ3n) is 5.72. The van der Waals surface area contributed by atoms with Crippen molar-refractivity contribution < 1.29 is 32.3 Å². The number of hydrogen-bond acceptors (Lipinski definition) is 4. The van der Waals surface area contributed by atoms with Crippen LogP contribution in [0.2, 0.25) is 0 Å². The van der Waals surface area contributed by atoms with Crippen LogP contribution in [0.4, 0.5) is 23.7 Å². The quantitative estimate of drug-likeness (QED) is 0.655. The number of rotatable bonds is 6. The molecule has 2 aliphatic rings. The van der Waals surface area contributed by atoms with Gasteiger partial charge in [0.15, 0.2) is 0 Å². The fourth-order valence-electron chi connectivity index (χ4n) is 3.89. The number of amides is 4. The number of carbonyl (C=O) groups excluding carboxylic acids is 3. The van der Waals surface area contributed by atoms with Gasteiger partial charge in [-0.25, -0.2) is 4.79 Å². The molecule has 0 radical (unpaired) electrons. The van der Waals surface area contributed by atoms with E-state index < -0.39 is 41.7 Å². The zero-order valence-corrected chi connectivity index (χ0v) is 17.5. The van der Waals surface area contributed by atoms with Crippen molar-refractivity contribution in [3.05, 3.63) is 23.8 Å². The first kappa shape index (κ1) is 22.9. The minimum Gasteiger partial charge on any atom is -0.491 e. The highest BCUT2D eigenvalue weighted by Gasteiger charge is 2.52. The number of benzene rings is 1. The summed E-state index contributed by atoms with van der Waals surface area (Å²) in [5, 5.41) is 5.07. The molecule has 2 fully saturated rings. The molecule has 1 aliphatic carbocycles. The Morgan fingerprint density at radius 1 is 1.29 bits per heavy atom. The molecule has 10 heteroatoms. The Morgan fingerprint density at radius 3 is 2.58 bits per heavy atom. The van der Waals surface area contributed by atoms with E-state index >= 15 is 0 Å². The van der Waals surface area contributed by atoms with Crippen molar-refractivity contribution in [1.29, 1.82) is 0 Å². The molecule has 2 N–H and O–H groups in total. The van der Waals surface area contributed by atoms with Crippen LogP contribution in [-0.2, 0) is 15.8 Å². The number of anilines is 1. The normalized spacial score (nSPS) is 23.8. The molecular formula is C21H26F3N3O4. The molecule has 1 saturated heterocycles. The van der Waals surface area contributed by atoms with Crippen LogP contribution in [0, 0.1) is 5.92 Å². The lowest BCUT2D eigenvalue weighted by Gasteiger charge is -2.33. The van der Waals surface area contributed by atoms with E-state index in [0.29, 0.717) is 25.2 Å². The molecule has 0 atom stereocenters. The molecule has 1 saturated carbocycles. The molecule has 1 heterocycles. The Balaban J connectivity index is 1.74. The molecule has 1 spiro atoms. The van der Waals surface area contributed by atoms with E-state index in [9.17, 15) is 27.6 Å². The van der Waals surface area contributed by atoms with Gasteiger partial charge in [0, 0.05) is 0 Å². The van der Waals surface area contributed by atoms with Crippen molar-refractivity contribution in [1.82, 2.24) is 10.2 Å². The molecule has 7 nitrogen and oxygen atoms in total. The Morgan fingerprint density at radius 2 is 1.97 bits per heavy atom. The van der Waals surface area contributed by atoms with Gasteiger partial charge in [0.25, 0.3) is 5.91 Å². The van der Waals surface area contributed by atoms with E-state index in [2.05, 4.69) is 17.6 Å². The first-order valence-corrected chi connectivity index (χ1v) is 10.3. The number of halogens is 3. The number of nitrogens with zero attached hydrogens (tertiary/aromatic N) is 1. The third kappa shape index (κ3) is 4.94. The Bertz CT molecular complexity index is 864. The summed E-state index contributed by atoms with van der Waals surface area (Å²) in [6.07, 6.45) is -1.41. The second kappa shape index (κ2) is 8.76. The first-order chi connectivity index (χ1) is 14.6. The van der Waals surface area contributed by atoms with Gasteiger partial charge in [0.1, 0.15) is 17.8 Å². The van der Waals surface area contributed by atoms with E-state index in [4.69, 9.17) is 4.74 Å². The van der Waals surface area contributed by atoms with Crippen LogP contribution in [0.5, 0.6) is 5.75 Å². The van der Waals surface area contributed by atoms with Gasteiger partial charge in [0.2, 0.25) is 5.91 Å². The number of alkyl halides is 3. The third-order valence-corrected chi connectivity index (χ3v) is 5.72. The average Bonchev–Trinajstić information content (AvgIpc) is 2.93. The minimum atomic E-state index is -4.60. The van der Waals surface area contributed by atoms with Gasteiger partial charge in [-0.15, -0.1) is 0 Å². The van der Waals surface area contributed by atoms with Gasteiger partial charge >= 0.3 is 12.2 Å². The highest BCUT2D eigenvalue weighted by atomic mass is 19.4. The second-order valence-electron chi connectivity index (χ2n) is 8.19. The Kier molecular flexibility index (Phi) is 6.47. The lowest BCUT2D eigenvalue weighted by atomic mass is 9.77. The molecule has 0 unspecified atom stereocenters. The summed E-state index contributed by atoms with van der Waals surface area (Å²) in [4.78, 5) is 38.6. The maximum Gasteiger partial charge on any atom is 0.416 e. The molecule has 3 rings (SSSR count). The summed E-state index contributed by atoms with van der Waals surface area (Å²) < 4.78 is 44.7. The van der Waals surface area contributed by atoms with Crippen LogP contribution < -0.4 is 15.4 Å². The molecule has 0 aromatic heterocycles. The topological polar surface area (TPSA) is 87.7 Å². The zero-order chi connectivity index (χ0) is 22.8. The Hall–Kier alpha value is -2.78. The van der Waals surface area contributed by atoms with Gasteiger partial charge in [-0.3, -0.25) is 14.5 Å². The van der Waals surface area contributed by atoms with E-state index in [1.807, 2.05) is 6.92 Å². The van der Waals surface area contributed by atoms with Crippen LogP contribution in [-0.4, -0.2) is 41.4 Å². The largest absolute Gasteiger partial charge is 0.491 e. The maximum atomic E-state index is 13.1. The maximum absolute atomic E-state index is 13.1. The minimum absolute atomic E-state index is 0.0816. The van der Waals surface area contributed by atoms with Crippen LogP contribution in [0.15, 0.2) is 18.2 Å². The lowest BCUT2D eigenvalue weighted by molar-refractivity contribution is -0.137. The molecule has 31 heavy (non-hydrogen) atoms. The average molecular weight is 441 g/mol. The summed E-state index contributed by atoms with van der Waals surface area (Å²) in [5.41, 5.74) is -2.10. The van der Waals surface area contributed by atoms with Crippen LogP contribution >= 0.6 is 0 Å². The number of nitrogens with one attached hydrogen (secondary N) is 2. The summed E-state index contributed by atoms with van der Waals surface area (Å²) in [5.74, 6) is -0.718. The fraction of sp³-hybridized carbons (Fsp3) is 0.571. The number of carbonyl (C=O) groups is 3. The van der Waals surface area contributed by atoms with Crippen LogP contribution in [0.3, 0.4) is 0 Å². The smallest absolute Gasteiger partial charge is 0.416 e. The van der Waals surface area contributed by atoms with E-state index in [0.717, 1.165) is 35.9 Å². The van der Waals surface area contributed by atoms with E-state index in [1.165, 1.54) is 0 Å². The predicted octanol–water partition coefficient (Wildman–Crippen LogP) is 3.93. The number of urea groups is 1. The number of hydrogen-bond donors (Lipinski definition) is 2. The summed E-state index contributed by atoms with van der Waals surface area (Å²) in [7, 11) is 0. The van der Waals surface area contributed by atoms with Gasteiger partial charge < -0.3 is 15.4 Å². The second-order valence-corrected chi connectivity index (χ2v) is 8.19. The molecular weight excluding hydrogens is 415 g/mol. The summed E-state index contributed by atoms with van der Waals surface area (Å²) in [6, 6.07) is 2.12. The molecule has 1 aromatic rings. The molecule has 1 aliphatic heterocycles. The fourth-order valence-corrected chi connectivity index (χ4v) is 3.89. The standard InChI is InChI=1S/C21H26F3N3O4/c1-3-10-31-16-5-4-14(21(22,23)24)11-15(16)25-17(28)12-27-18(29)20(26-19(27)30)8-6-13(2)7-9-20/h4-5,11,13H,3,6-10,12H2,1-2H3,(H,25,28)(H,26,30). The molecule has 0 bridgehead atoms. The van der Waals surface area contributed by atoms with Crippen molar-refractivity contribution in [3.63, 3.8) is 0 Å². The highest BCUT2D eigenvalue weighted by molar-refractivity contribution is 6.10. The van der Waals surface area contributed by atoms with Crippen molar-refractivity contribution >= 4 is 23.5 Å². The van der Waals surface area contributed by atoms with Crippen LogP contribution in [0.25, 0.3) is 0 Å². The Labute approximate surface area is 178 Å². The number of imide groups is 1. The van der Waals surface area contributed by atoms with Gasteiger partial charge in [0.05, 0.1) is 17.9 Å². The summed E-state index contributed by atoms with van der Waals surface area (Å²) in [6.45, 7) is 3.57. The first-order valence-electron chi connectivity index (χ1n) is 10.3. The van der Waals surface area contributed by atoms with E-state index in [-0.39, 0.29) is 18.0 Å². The highest BCUT2D eigenvalue weighted by Crippen LogP contribution is 2.37. The van der Waals surface area contributed by atoms with Crippen molar-refractivity contribution in [2.24, 2.45) is 5.92 Å². The molecule has 170 valence electrons. The molecule has 4 amide bonds. The van der Waals surface area contributed by atoms with Crippen molar-refractivity contribution in [2.75, 3.05) is 18.5 Å². The van der Waals surface area contributed by atoms with Crippen LogP contribution in [0.1, 0.15) is 51.5 Å². The molecule has 1 aromatic carbocycles. The summed E-state index contributed by atoms with van der Waals surface area (Å²) >= 11 is 0. The van der Waals surface area contributed by atoms with Crippen molar-refractivity contribution in [3.8, 4) is 5.75 Å². The zero-order valence-electron chi connectivity index (χ0n) is 17.5.